The molecule has 0 aliphatic rings. The second-order valence-electron chi connectivity index (χ2n) is 3.76. The van der Waals surface area contributed by atoms with E-state index < -0.39 is 18.3 Å². The number of nitrogens with two attached hydrogens (primary N) is 1. The summed E-state index contributed by atoms with van der Waals surface area (Å²) in [6.07, 6.45) is 3.29. The lowest BCUT2D eigenvalue weighted by Gasteiger charge is -2.23. The molecule has 0 fully saturated rings. The molecule has 1 unspecified atom stereocenters. The lowest BCUT2D eigenvalue weighted by molar-refractivity contribution is 0.231. The van der Waals surface area contributed by atoms with Gasteiger partial charge in [-0.1, -0.05) is 55.6 Å². The van der Waals surface area contributed by atoms with Crippen LogP contribution < -0.4 is 5.73 Å². The van der Waals surface area contributed by atoms with Crippen LogP contribution in [0.3, 0.4) is 0 Å². The van der Waals surface area contributed by atoms with E-state index in [1.54, 1.807) is 0 Å². The van der Waals surface area contributed by atoms with E-state index in [1.165, 1.54) is 0 Å². The molecule has 0 aromatic rings. The molecule has 0 aromatic carbocycles. The summed E-state index contributed by atoms with van der Waals surface area (Å²) >= 11 is 15.1. The van der Waals surface area contributed by atoms with Crippen LogP contribution in [0.1, 0.15) is 40.0 Å². The van der Waals surface area contributed by atoms with E-state index in [9.17, 15) is 8.76 Å². The Morgan fingerprint density at radius 1 is 1.22 bits per heavy atom. The Labute approximate surface area is 123 Å². The number of halogens is 4. The van der Waals surface area contributed by atoms with Crippen molar-refractivity contribution in [1.82, 2.24) is 0 Å². The summed E-state index contributed by atoms with van der Waals surface area (Å²) in [6.45, 7) is 5.68. The van der Waals surface area contributed by atoms with E-state index in [0.717, 1.165) is 19.3 Å². The van der Waals surface area contributed by atoms with Gasteiger partial charge < -0.3 is 5.73 Å². The van der Waals surface area contributed by atoms with Gasteiger partial charge in [0, 0.05) is 5.54 Å². The first kappa shape index (κ1) is 21.2. The van der Waals surface area contributed by atoms with Gasteiger partial charge >= 0.3 is 7.91 Å². The van der Waals surface area contributed by atoms with Crippen LogP contribution in [-0.4, -0.2) is 20.8 Å². The largest absolute Gasteiger partial charge is 0.510 e. The van der Waals surface area contributed by atoms with Crippen molar-refractivity contribution in [1.29, 1.82) is 0 Å². The van der Waals surface area contributed by atoms with E-state index >= 15 is 0 Å². The van der Waals surface area contributed by atoms with Crippen molar-refractivity contribution in [3.05, 3.63) is 0 Å². The minimum Gasteiger partial charge on any atom is -0.325 e. The highest BCUT2D eigenvalue weighted by Gasteiger charge is 2.27. The number of rotatable bonds is 5. The Balaban J connectivity index is 0. The molecule has 112 valence electrons. The third-order valence-corrected chi connectivity index (χ3v) is 3.27. The minimum absolute atomic E-state index is 0.125. The first-order valence-corrected chi connectivity index (χ1v) is 8.02. The third-order valence-electron chi connectivity index (χ3n) is 2.50. The summed E-state index contributed by atoms with van der Waals surface area (Å²) in [5, 5.41) is 0. The molecule has 0 amide bonds. The molecule has 0 rings (SSSR count). The highest BCUT2D eigenvalue weighted by molar-refractivity contribution is 7.46. The normalized spacial score (nSPS) is 15.6. The van der Waals surface area contributed by atoms with Crippen LogP contribution in [-0.2, 0) is 9.09 Å². The molecule has 4 nitrogen and oxygen atoms in total. The van der Waals surface area contributed by atoms with Crippen LogP contribution in [0.5, 0.6) is 0 Å². The van der Waals surface area contributed by atoms with Gasteiger partial charge in [-0.05, 0) is 19.3 Å². The number of alkyl halides is 3. The van der Waals surface area contributed by atoms with Crippen LogP contribution in [0, 0.1) is 0 Å². The molecule has 0 bridgehead atoms. The number of hydrogen-bond acceptors (Lipinski definition) is 3. The molecule has 0 radical (unpaired) electrons. The smallest absolute Gasteiger partial charge is 0.325 e. The summed E-state index contributed by atoms with van der Waals surface area (Å²) in [4.78, 5) is 7.87. The summed E-state index contributed by atoms with van der Waals surface area (Å²) in [6, 6.07) is 0. The van der Waals surface area contributed by atoms with Crippen LogP contribution in [0.25, 0.3) is 0 Å². The van der Waals surface area contributed by atoms with Gasteiger partial charge in [-0.2, -0.15) is 0 Å². The molecule has 1 atom stereocenters. The van der Waals surface area contributed by atoms with Gasteiger partial charge in [0.25, 0.3) is 0 Å². The number of hydrogen-bond donors (Lipinski definition) is 2. The van der Waals surface area contributed by atoms with Gasteiger partial charge in [0.1, 0.15) is 6.61 Å². The van der Waals surface area contributed by atoms with Crippen molar-refractivity contribution < 1.29 is 18.2 Å². The Morgan fingerprint density at radius 3 is 1.61 bits per heavy atom. The second-order valence-corrected chi connectivity index (χ2v) is 7.44. The van der Waals surface area contributed by atoms with Crippen LogP contribution >= 0.6 is 42.7 Å². The molecule has 0 saturated carbocycles. The Bertz CT molecular complexity index is 258. The van der Waals surface area contributed by atoms with Crippen molar-refractivity contribution in [2.75, 3.05) is 6.61 Å². The third kappa shape index (κ3) is 15.0. The van der Waals surface area contributed by atoms with E-state index in [4.69, 9.17) is 45.4 Å². The summed E-state index contributed by atoms with van der Waals surface area (Å²) in [7, 11) is -5.02. The Hall–Kier alpha value is 0.910. The predicted octanol–water partition coefficient (Wildman–Crippen LogP) is 4.36. The van der Waals surface area contributed by atoms with Gasteiger partial charge in [-0.15, -0.1) is 4.20 Å². The van der Waals surface area contributed by atoms with Gasteiger partial charge in [-0.25, -0.2) is 4.57 Å². The lowest BCUT2D eigenvalue weighted by Crippen LogP contribution is -2.37. The molecular weight excluding hydrogens is 326 g/mol. The maximum Gasteiger partial charge on any atom is 0.510 e. The predicted molar refractivity (Wildman–Crippen MR) is 75.0 cm³/mol. The fourth-order valence-electron chi connectivity index (χ4n) is 0.903. The zero-order chi connectivity index (χ0) is 15.0. The fourth-order valence-corrected chi connectivity index (χ4v) is 1.65. The van der Waals surface area contributed by atoms with E-state index in [1.807, 2.05) is 0 Å². The van der Waals surface area contributed by atoms with Gasteiger partial charge in [-0.3, -0.25) is 9.42 Å². The average molecular weight is 347 g/mol. The van der Waals surface area contributed by atoms with Crippen molar-refractivity contribution >= 4 is 42.7 Å². The quantitative estimate of drug-likeness (QED) is 0.573. The van der Waals surface area contributed by atoms with Crippen molar-refractivity contribution in [3.63, 3.8) is 0 Å². The van der Waals surface area contributed by atoms with E-state index in [-0.39, 0.29) is 5.54 Å². The van der Waals surface area contributed by atoms with Crippen molar-refractivity contribution in [3.8, 4) is 0 Å². The SMILES string of the molecule is CCC(N)(CC)CC.O=P(O)(F)OCC(Cl)(Cl)Cl. The van der Waals surface area contributed by atoms with Crippen LogP contribution in [0.2, 0.25) is 0 Å². The zero-order valence-electron chi connectivity index (χ0n) is 10.6. The zero-order valence-corrected chi connectivity index (χ0v) is 13.8. The molecule has 18 heavy (non-hydrogen) atoms. The van der Waals surface area contributed by atoms with E-state index in [2.05, 4.69) is 25.3 Å². The van der Waals surface area contributed by atoms with Gasteiger partial charge in [0.15, 0.2) is 0 Å². The average Bonchev–Trinajstić information content (AvgIpc) is 2.25. The Kier molecular flexibility index (Phi) is 10.6. The summed E-state index contributed by atoms with van der Waals surface area (Å²) < 4.78 is 23.2. The first-order chi connectivity index (χ1) is 7.89. The summed E-state index contributed by atoms with van der Waals surface area (Å²) in [5.41, 5.74) is 6.02. The lowest BCUT2D eigenvalue weighted by atomic mass is 9.92. The molecule has 0 aromatic heterocycles. The monoisotopic (exact) mass is 345 g/mol. The highest BCUT2D eigenvalue weighted by atomic mass is 35.6. The fraction of sp³-hybridized carbons (Fsp3) is 1.00. The molecule has 0 saturated heterocycles. The summed E-state index contributed by atoms with van der Waals surface area (Å²) in [5.74, 6) is 0. The second kappa shape index (κ2) is 8.96. The molecule has 9 heteroatoms. The van der Waals surface area contributed by atoms with Gasteiger partial charge in [0.2, 0.25) is 3.79 Å². The molecule has 0 spiro atoms. The van der Waals surface area contributed by atoms with Crippen LogP contribution in [0.15, 0.2) is 0 Å². The topological polar surface area (TPSA) is 72.6 Å². The molecular formula is C9H20Cl3FNO3P. The molecule has 0 aliphatic carbocycles. The standard InChI is InChI=1S/C7H17N.C2H3Cl3FO3P/c1-4-7(8,5-2)6-3;3-2(4,5)1-9-10(6,7)8/h4-6,8H2,1-3H3;1H2,(H,7,8). The maximum absolute atomic E-state index is 11.6. The highest BCUT2D eigenvalue weighted by Crippen LogP contribution is 2.45. The Morgan fingerprint density at radius 2 is 1.56 bits per heavy atom. The first-order valence-electron chi connectivity index (χ1n) is 5.41. The maximum atomic E-state index is 11.6. The molecule has 3 N–H and O–H groups in total. The van der Waals surface area contributed by atoms with E-state index in [0.29, 0.717) is 0 Å². The van der Waals surface area contributed by atoms with Crippen molar-refractivity contribution in [2.24, 2.45) is 5.73 Å². The van der Waals surface area contributed by atoms with Gasteiger partial charge in [0.05, 0.1) is 0 Å². The van der Waals surface area contributed by atoms with Crippen LogP contribution in [0.4, 0.5) is 4.20 Å². The molecule has 0 aliphatic heterocycles. The molecule has 0 heterocycles. The van der Waals surface area contributed by atoms with Crippen molar-refractivity contribution in [2.45, 2.75) is 49.4 Å². The minimum atomic E-state index is -5.02.